The van der Waals surface area contributed by atoms with E-state index in [-0.39, 0.29) is 60.4 Å². The van der Waals surface area contributed by atoms with Gasteiger partial charge in [-0.3, -0.25) is 0 Å². The first-order chi connectivity index (χ1) is 15.4. The van der Waals surface area contributed by atoms with E-state index < -0.39 is 11.9 Å². The first-order valence-electron chi connectivity index (χ1n) is 9.57. The van der Waals surface area contributed by atoms with Crippen LogP contribution in [0.15, 0.2) is 97.1 Å². The van der Waals surface area contributed by atoms with Crippen LogP contribution in [-0.4, -0.2) is 59.9 Å². The molecule has 0 unspecified atom stereocenters. The van der Waals surface area contributed by atoms with Gasteiger partial charge in [-0.2, -0.15) is 0 Å². The fraction of sp³-hybridized carbons (Fsp3) is 0. The van der Waals surface area contributed by atoms with Gasteiger partial charge in [0.2, 0.25) is 0 Å². The molecule has 0 fully saturated rings. The van der Waals surface area contributed by atoms with E-state index in [4.69, 9.17) is 0 Å². The predicted molar refractivity (Wildman–Crippen MR) is 122 cm³/mol. The van der Waals surface area contributed by atoms with Crippen LogP contribution in [0.3, 0.4) is 0 Å². The smallest absolute Gasteiger partial charge is 0.545 e. The van der Waals surface area contributed by atoms with Gasteiger partial charge in [0.05, 0.1) is 11.9 Å². The summed E-state index contributed by atoms with van der Waals surface area (Å²) in [4.78, 5) is 21.5. The maximum atomic E-state index is 10.7. The van der Waals surface area contributed by atoms with E-state index >= 15 is 0 Å². The number of hydrogen-bond donors (Lipinski definition) is 2. The Hall–Kier alpha value is -3.32. The molecule has 0 aromatic heterocycles. The summed E-state index contributed by atoms with van der Waals surface area (Å²) in [5.41, 5.74) is 2.12. The zero-order valence-electron chi connectivity index (χ0n) is 17.5. The number of para-hydroxylation sites is 2. The van der Waals surface area contributed by atoms with Gasteiger partial charge < -0.3 is 30.0 Å². The Labute approximate surface area is 220 Å². The molecule has 4 aromatic carbocycles. The van der Waals surface area contributed by atoms with E-state index in [1.54, 1.807) is 48.5 Å². The number of benzene rings is 4. The van der Waals surface area contributed by atoms with Gasteiger partial charge in [0.1, 0.15) is 11.5 Å². The fourth-order valence-corrected chi connectivity index (χ4v) is 3.12. The first-order valence-corrected chi connectivity index (χ1v) is 9.57. The van der Waals surface area contributed by atoms with E-state index in [9.17, 15) is 30.0 Å². The molecule has 0 heterocycles. The summed E-state index contributed by atoms with van der Waals surface area (Å²) >= 11 is 0. The third kappa shape index (κ3) is 6.35. The second-order valence-corrected chi connectivity index (χ2v) is 6.71. The molecule has 33 heavy (non-hydrogen) atoms. The topological polar surface area (TPSA) is 121 Å². The van der Waals surface area contributed by atoms with E-state index in [1.165, 1.54) is 12.1 Å². The van der Waals surface area contributed by atoms with Crippen molar-refractivity contribution < 1.29 is 30.0 Å². The van der Waals surface area contributed by atoms with E-state index in [0.717, 1.165) is 11.1 Å². The average Bonchev–Trinajstić information content (AvgIpc) is 2.80. The average molecular weight is 467 g/mol. The molecule has 6 nitrogen and oxygen atoms in total. The van der Waals surface area contributed by atoms with Crippen LogP contribution in [0, 0.1) is 0 Å². The van der Waals surface area contributed by atoms with Crippen molar-refractivity contribution in [2.24, 2.45) is 0 Å². The summed E-state index contributed by atoms with van der Waals surface area (Å²) in [7, 11) is 0. The number of carboxylic acid groups (broad SMARTS) is 2. The van der Waals surface area contributed by atoms with Gasteiger partial charge >= 0.3 is 37.7 Å². The number of phenols is 2. The van der Waals surface area contributed by atoms with Gasteiger partial charge in [-0.25, -0.2) is 0 Å². The van der Waals surface area contributed by atoms with E-state index in [0.29, 0.717) is 11.1 Å². The Morgan fingerprint density at radius 1 is 0.515 bits per heavy atom. The minimum Gasteiger partial charge on any atom is -0.545 e. The molecule has 0 saturated heterocycles. The molecule has 0 aliphatic carbocycles. The summed E-state index contributed by atoms with van der Waals surface area (Å²) < 4.78 is 0. The van der Waals surface area contributed by atoms with Crippen LogP contribution in [-0.2, 0) is 0 Å². The Morgan fingerprint density at radius 3 is 1.15 bits per heavy atom. The SMILES string of the molecule is O=C([O-])c1cccc(-c2ccccc2)c1O.O=C([O-])c1cccc(-c2ccccc2)c1O.[Ca+2]. The standard InChI is InChI=1S/2C13H10O3.Ca/c2*14-12-10(9-5-2-1-3-6-9)7-4-8-11(12)13(15)16;/h2*1-8,14H,(H,15,16);/q;;+2/p-2. The number of hydrogen-bond acceptors (Lipinski definition) is 6. The van der Waals surface area contributed by atoms with Gasteiger partial charge in [0, 0.05) is 22.3 Å². The maximum Gasteiger partial charge on any atom is 2.00 e. The summed E-state index contributed by atoms with van der Waals surface area (Å²) in [6.45, 7) is 0. The largest absolute Gasteiger partial charge is 2.00 e. The minimum atomic E-state index is -1.38. The molecule has 7 heteroatoms. The Bertz CT molecular complexity index is 1140. The zero-order chi connectivity index (χ0) is 23.1. The third-order valence-electron chi connectivity index (χ3n) is 4.68. The molecule has 0 amide bonds. The van der Waals surface area contributed by atoms with Crippen molar-refractivity contribution in [1.82, 2.24) is 0 Å². The van der Waals surface area contributed by atoms with Gasteiger partial charge in [0.15, 0.2) is 0 Å². The molecule has 0 radical (unpaired) electrons. The molecular weight excluding hydrogens is 448 g/mol. The molecule has 0 aliphatic heterocycles. The number of aromatic hydroxyl groups is 2. The van der Waals surface area contributed by atoms with E-state index in [1.807, 2.05) is 36.4 Å². The Kier molecular flexibility index (Phi) is 9.48. The Balaban J connectivity index is 0.000000227. The molecule has 4 rings (SSSR count). The quantitative estimate of drug-likeness (QED) is 0.446. The molecule has 0 atom stereocenters. The molecule has 0 saturated carbocycles. The van der Waals surface area contributed by atoms with Crippen LogP contribution in [0.4, 0.5) is 0 Å². The predicted octanol–water partition coefficient (Wildman–Crippen LogP) is 2.46. The molecule has 0 bridgehead atoms. The Morgan fingerprint density at radius 2 is 0.848 bits per heavy atom. The number of carboxylic acids is 2. The van der Waals surface area contributed by atoms with Crippen LogP contribution in [0.1, 0.15) is 20.7 Å². The maximum absolute atomic E-state index is 10.7. The molecular formula is C26H18CaO6. The third-order valence-corrected chi connectivity index (χ3v) is 4.68. The normalized spacial score (nSPS) is 9.70. The second kappa shape index (κ2) is 12.1. The van der Waals surface area contributed by atoms with Crippen molar-refractivity contribution in [3.8, 4) is 33.8 Å². The summed E-state index contributed by atoms with van der Waals surface area (Å²) in [6.07, 6.45) is 0. The summed E-state index contributed by atoms with van der Waals surface area (Å²) in [5.74, 6) is -3.27. The minimum absolute atomic E-state index is 0. The van der Waals surface area contributed by atoms with E-state index in [2.05, 4.69) is 0 Å². The van der Waals surface area contributed by atoms with Gasteiger partial charge in [-0.05, 0) is 23.3 Å². The summed E-state index contributed by atoms with van der Waals surface area (Å²) in [6, 6.07) is 27.3. The number of rotatable bonds is 4. The van der Waals surface area contributed by atoms with Crippen molar-refractivity contribution in [3.05, 3.63) is 108 Å². The van der Waals surface area contributed by atoms with Crippen molar-refractivity contribution in [2.75, 3.05) is 0 Å². The molecule has 4 aromatic rings. The monoisotopic (exact) mass is 466 g/mol. The molecule has 2 N–H and O–H groups in total. The van der Waals surface area contributed by atoms with Crippen LogP contribution >= 0.6 is 0 Å². The molecule has 160 valence electrons. The van der Waals surface area contributed by atoms with Gasteiger partial charge in [-0.15, -0.1) is 0 Å². The fourth-order valence-electron chi connectivity index (χ4n) is 3.12. The zero-order valence-corrected chi connectivity index (χ0v) is 19.7. The first kappa shape index (κ1) is 25.9. The van der Waals surface area contributed by atoms with Crippen molar-refractivity contribution in [1.29, 1.82) is 0 Å². The van der Waals surface area contributed by atoms with Crippen LogP contribution in [0.2, 0.25) is 0 Å². The van der Waals surface area contributed by atoms with Crippen LogP contribution < -0.4 is 10.2 Å². The number of carbonyl (C=O) groups is 2. The van der Waals surface area contributed by atoms with Crippen molar-refractivity contribution in [3.63, 3.8) is 0 Å². The van der Waals surface area contributed by atoms with Gasteiger partial charge in [-0.1, -0.05) is 84.9 Å². The van der Waals surface area contributed by atoms with Crippen molar-refractivity contribution in [2.45, 2.75) is 0 Å². The van der Waals surface area contributed by atoms with Crippen molar-refractivity contribution >= 4 is 49.7 Å². The molecule has 0 aliphatic rings. The summed E-state index contributed by atoms with van der Waals surface area (Å²) in [5, 5.41) is 41.1. The van der Waals surface area contributed by atoms with Crippen LogP contribution in [0.5, 0.6) is 11.5 Å². The van der Waals surface area contributed by atoms with Gasteiger partial charge in [0.25, 0.3) is 0 Å². The second-order valence-electron chi connectivity index (χ2n) is 6.71. The number of carbonyl (C=O) groups excluding carboxylic acids is 2. The van der Waals surface area contributed by atoms with Crippen LogP contribution in [0.25, 0.3) is 22.3 Å². The molecule has 0 spiro atoms. The number of aromatic carboxylic acids is 2.